The van der Waals surface area contributed by atoms with Crippen molar-refractivity contribution in [3.63, 3.8) is 0 Å². The van der Waals surface area contributed by atoms with Crippen LogP contribution >= 0.6 is 0 Å². The lowest BCUT2D eigenvalue weighted by molar-refractivity contribution is -0.324. The number of fused-ring (bicyclic) bond motifs is 7. The Morgan fingerprint density at radius 3 is 2.13 bits per heavy atom. The smallest absolute Gasteiger partial charge is 0.314 e. The molecular weight excluding hydrogens is 576 g/mol. The molecule has 0 unspecified atom stereocenters. The average Bonchev–Trinajstić information content (AvgIpc) is 2.95. The molecule has 13 atom stereocenters. The van der Waals surface area contributed by atoms with Crippen molar-refractivity contribution in [2.45, 2.75) is 149 Å². The van der Waals surface area contributed by atoms with Gasteiger partial charge in [0.2, 0.25) is 0 Å². The summed E-state index contributed by atoms with van der Waals surface area (Å²) in [6.45, 7) is 15.0. The van der Waals surface area contributed by atoms with E-state index in [-0.39, 0.29) is 40.1 Å². The van der Waals surface area contributed by atoms with Gasteiger partial charge in [-0.05, 0) is 111 Å². The van der Waals surface area contributed by atoms with E-state index in [1.165, 1.54) is 0 Å². The zero-order valence-electron chi connectivity index (χ0n) is 28.2. The molecule has 0 spiro atoms. The van der Waals surface area contributed by atoms with Crippen molar-refractivity contribution in [3.05, 3.63) is 11.6 Å². The van der Waals surface area contributed by atoms with Crippen molar-refractivity contribution in [2.24, 2.45) is 50.2 Å². The van der Waals surface area contributed by atoms with Crippen LogP contribution in [0.4, 0.5) is 0 Å². The zero-order chi connectivity index (χ0) is 33.1. The topological polar surface area (TPSA) is 154 Å². The number of aliphatic hydroxyl groups excluding tert-OH is 3. The lowest BCUT2D eigenvalue weighted by Crippen LogP contribution is -2.68. The number of hydrogen-bond acceptors (Lipinski definition) is 7. The lowest BCUT2D eigenvalue weighted by atomic mass is 9.33. The molecule has 254 valence electrons. The highest BCUT2D eigenvalue weighted by molar-refractivity contribution is 5.84. The Kier molecular flexibility index (Phi) is 7.78. The van der Waals surface area contributed by atoms with Crippen LogP contribution in [0.15, 0.2) is 11.6 Å². The molecule has 5 aliphatic carbocycles. The summed E-state index contributed by atoms with van der Waals surface area (Å²) in [4.78, 5) is 26.7. The molecule has 6 rings (SSSR count). The van der Waals surface area contributed by atoms with Crippen LogP contribution in [0.5, 0.6) is 0 Å². The number of carboxylic acids is 2. The van der Waals surface area contributed by atoms with Crippen molar-refractivity contribution in [3.8, 4) is 0 Å². The first-order valence-corrected chi connectivity index (χ1v) is 17.3. The number of rotatable bonds is 4. The molecule has 9 heteroatoms. The van der Waals surface area contributed by atoms with Gasteiger partial charge in [0.05, 0.1) is 23.0 Å². The van der Waals surface area contributed by atoms with Gasteiger partial charge in [0.1, 0.15) is 18.3 Å². The summed E-state index contributed by atoms with van der Waals surface area (Å²) < 4.78 is 12.3. The van der Waals surface area contributed by atoms with Crippen LogP contribution in [0.25, 0.3) is 0 Å². The van der Waals surface area contributed by atoms with Crippen molar-refractivity contribution in [1.29, 1.82) is 0 Å². The highest BCUT2D eigenvalue weighted by Gasteiger charge is 2.73. The standard InChI is InChI=1S/C36H56O9/c1-19-25(37)26(38)27(39)28(44-19)45-24-11-12-33(6)22(32(24,4)5)10-13-34(7)23(33)9-8-20-21-18-31(2,3)14-15-35(21,29(40)41)16-17-36(20,34)30(42)43/h8,19,21-28,37-39H,9-18H2,1-7H3,(H,40,41)(H,42,43)/t19-,21+,22-,23-,24-,25-,26+,27-,28+,33-,34+,35-,36+/m0/s1. The Morgan fingerprint density at radius 1 is 0.822 bits per heavy atom. The minimum atomic E-state index is -1.36. The molecule has 6 aliphatic rings. The van der Waals surface area contributed by atoms with Gasteiger partial charge in [-0.1, -0.05) is 53.2 Å². The molecule has 0 amide bonds. The third-order valence-corrected chi connectivity index (χ3v) is 14.9. The molecule has 0 bridgehead atoms. The Labute approximate surface area is 267 Å². The van der Waals surface area contributed by atoms with Gasteiger partial charge in [-0.3, -0.25) is 9.59 Å². The Hall–Kier alpha value is -1.52. The molecule has 0 aromatic carbocycles. The Bertz CT molecular complexity index is 1260. The van der Waals surface area contributed by atoms with Crippen LogP contribution in [0.1, 0.15) is 113 Å². The van der Waals surface area contributed by atoms with Crippen LogP contribution in [0.2, 0.25) is 0 Å². The van der Waals surface area contributed by atoms with E-state index < -0.39 is 58.9 Å². The summed E-state index contributed by atoms with van der Waals surface area (Å²) >= 11 is 0. The Balaban J connectivity index is 1.35. The molecule has 0 radical (unpaired) electrons. The van der Waals surface area contributed by atoms with E-state index in [1.54, 1.807) is 6.92 Å². The largest absolute Gasteiger partial charge is 0.481 e. The van der Waals surface area contributed by atoms with Crippen molar-refractivity contribution in [1.82, 2.24) is 0 Å². The molecule has 0 aromatic heterocycles. The fraction of sp³-hybridized carbons (Fsp3) is 0.889. The molecule has 5 N–H and O–H groups in total. The number of aliphatic carboxylic acids is 2. The van der Waals surface area contributed by atoms with Gasteiger partial charge >= 0.3 is 11.9 Å². The van der Waals surface area contributed by atoms with Gasteiger partial charge in [0.25, 0.3) is 0 Å². The second-order valence-electron chi connectivity index (χ2n) is 17.7. The number of hydrogen-bond donors (Lipinski definition) is 5. The van der Waals surface area contributed by atoms with E-state index >= 15 is 0 Å². The monoisotopic (exact) mass is 632 g/mol. The van der Waals surface area contributed by atoms with Gasteiger partial charge in [-0.2, -0.15) is 0 Å². The second-order valence-corrected chi connectivity index (χ2v) is 17.7. The first-order chi connectivity index (χ1) is 20.8. The highest BCUT2D eigenvalue weighted by Crippen LogP contribution is 2.76. The van der Waals surface area contributed by atoms with Crippen LogP contribution < -0.4 is 0 Å². The van der Waals surface area contributed by atoms with Crippen molar-refractivity contribution >= 4 is 11.9 Å². The van der Waals surface area contributed by atoms with E-state index in [4.69, 9.17) is 9.47 Å². The first-order valence-electron chi connectivity index (χ1n) is 17.3. The minimum Gasteiger partial charge on any atom is -0.481 e. The molecule has 9 nitrogen and oxygen atoms in total. The molecule has 5 fully saturated rings. The van der Waals surface area contributed by atoms with Crippen LogP contribution in [0.3, 0.4) is 0 Å². The first kappa shape index (κ1) is 33.4. The third-order valence-electron chi connectivity index (χ3n) is 14.9. The van der Waals surface area contributed by atoms with E-state index in [0.29, 0.717) is 32.1 Å². The molecule has 45 heavy (non-hydrogen) atoms. The molecule has 1 heterocycles. The maximum Gasteiger partial charge on any atom is 0.314 e. The summed E-state index contributed by atoms with van der Waals surface area (Å²) in [6, 6.07) is 0. The highest BCUT2D eigenvalue weighted by atomic mass is 16.7. The maximum atomic E-state index is 13.8. The SMILES string of the molecule is C[C@@H]1O[C@H](O[C@H]2CC[C@@]3(C)[C@@H](CC[C@]4(C)[C@H]3CC=C3[C@H]5CC(C)(C)CC[C@]5(C(=O)O)CC[C@]34C(=O)O)C2(C)C)[C@@H](O)[C@H](O)[C@H]1O. The minimum absolute atomic E-state index is 0.0443. The van der Waals surface area contributed by atoms with E-state index in [0.717, 1.165) is 37.7 Å². The number of carboxylic acid groups (broad SMARTS) is 2. The molecule has 1 aliphatic heterocycles. The molecular formula is C36H56O9. The average molecular weight is 633 g/mol. The second kappa shape index (κ2) is 10.5. The van der Waals surface area contributed by atoms with Gasteiger partial charge in [0.15, 0.2) is 6.29 Å². The fourth-order valence-corrected chi connectivity index (χ4v) is 12.3. The number of carbonyl (C=O) groups is 2. The van der Waals surface area contributed by atoms with Crippen LogP contribution in [-0.4, -0.2) is 74.3 Å². The summed E-state index contributed by atoms with van der Waals surface area (Å²) in [5, 5.41) is 53.2. The summed E-state index contributed by atoms with van der Waals surface area (Å²) in [5.41, 5.74) is -2.17. The maximum absolute atomic E-state index is 13.8. The number of aliphatic hydroxyl groups is 3. The fourth-order valence-electron chi connectivity index (χ4n) is 12.3. The van der Waals surface area contributed by atoms with Crippen molar-refractivity contribution < 1.29 is 44.6 Å². The van der Waals surface area contributed by atoms with E-state index in [2.05, 4.69) is 47.6 Å². The van der Waals surface area contributed by atoms with Crippen molar-refractivity contribution in [2.75, 3.05) is 0 Å². The van der Waals surface area contributed by atoms with Gasteiger partial charge in [-0.25, -0.2) is 0 Å². The van der Waals surface area contributed by atoms with Gasteiger partial charge < -0.3 is 35.0 Å². The zero-order valence-corrected chi connectivity index (χ0v) is 28.2. The van der Waals surface area contributed by atoms with Gasteiger partial charge in [-0.15, -0.1) is 0 Å². The molecule has 1 saturated heterocycles. The molecule has 4 saturated carbocycles. The predicted octanol–water partition coefficient (Wildman–Crippen LogP) is 5.15. The summed E-state index contributed by atoms with van der Waals surface area (Å²) in [6.07, 6.45) is 3.02. The number of ether oxygens (including phenoxy) is 2. The predicted molar refractivity (Wildman–Crippen MR) is 166 cm³/mol. The van der Waals surface area contributed by atoms with Crippen LogP contribution in [-0.2, 0) is 19.1 Å². The summed E-state index contributed by atoms with van der Waals surface area (Å²) in [7, 11) is 0. The third kappa shape index (κ3) is 4.42. The number of allylic oxidation sites excluding steroid dienone is 1. The summed E-state index contributed by atoms with van der Waals surface area (Å²) in [5.74, 6) is -1.52. The Morgan fingerprint density at radius 2 is 1.49 bits per heavy atom. The van der Waals surface area contributed by atoms with E-state index in [1.807, 2.05) is 0 Å². The van der Waals surface area contributed by atoms with Crippen LogP contribution in [0, 0.1) is 50.2 Å². The normalized spacial score (nSPS) is 51.9. The lowest BCUT2D eigenvalue weighted by Gasteiger charge is -2.70. The van der Waals surface area contributed by atoms with E-state index in [9.17, 15) is 35.1 Å². The van der Waals surface area contributed by atoms with Gasteiger partial charge in [0, 0.05) is 0 Å². The molecule has 0 aromatic rings. The quantitative estimate of drug-likeness (QED) is 0.209.